The van der Waals surface area contributed by atoms with Gasteiger partial charge in [0.15, 0.2) is 0 Å². The van der Waals surface area contributed by atoms with Gasteiger partial charge in [0.2, 0.25) is 0 Å². The van der Waals surface area contributed by atoms with E-state index in [2.05, 4.69) is 34.3 Å². The van der Waals surface area contributed by atoms with Crippen LogP contribution < -0.4 is 5.32 Å². The molecule has 4 rings (SSSR count). The van der Waals surface area contributed by atoms with Crippen LogP contribution in [0.15, 0.2) is 35.7 Å². The Balaban J connectivity index is 1.70. The molecule has 1 amide bonds. The summed E-state index contributed by atoms with van der Waals surface area (Å²) < 4.78 is 2.40. The predicted molar refractivity (Wildman–Crippen MR) is 132 cm³/mol. The van der Waals surface area contributed by atoms with E-state index in [0.717, 1.165) is 29.7 Å². The minimum atomic E-state index is -1.01. The van der Waals surface area contributed by atoms with Crippen molar-refractivity contribution in [2.75, 3.05) is 0 Å². The van der Waals surface area contributed by atoms with E-state index in [-0.39, 0.29) is 11.8 Å². The summed E-state index contributed by atoms with van der Waals surface area (Å²) in [7, 11) is 0. The third-order valence-corrected chi connectivity index (χ3v) is 7.98. The average molecular weight is 468 g/mol. The van der Waals surface area contributed by atoms with Crippen molar-refractivity contribution in [3.63, 3.8) is 0 Å². The number of carboxylic acid groups (broad SMARTS) is 1. The highest BCUT2D eigenvalue weighted by Crippen LogP contribution is 2.37. The first-order chi connectivity index (χ1) is 15.9. The normalized spacial score (nSPS) is 20.5. The van der Waals surface area contributed by atoms with Gasteiger partial charge in [0, 0.05) is 22.9 Å². The molecule has 3 aromatic rings. The summed E-state index contributed by atoms with van der Waals surface area (Å²) >= 11 is 1.73. The molecule has 1 aromatic carbocycles. The van der Waals surface area contributed by atoms with Gasteiger partial charge < -0.3 is 15.0 Å². The van der Waals surface area contributed by atoms with Crippen LogP contribution in [0.3, 0.4) is 0 Å². The second kappa shape index (κ2) is 10.1. The van der Waals surface area contributed by atoms with E-state index in [4.69, 9.17) is 4.98 Å². The Labute approximate surface area is 199 Å². The van der Waals surface area contributed by atoms with Crippen molar-refractivity contribution in [2.24, 2.45) is 11.8 Å². The van der Waals surface area contributed by atoms with Crippen molar-refractivity contribution in [3.05, 3.63) is 52.0 Å². The van der Waals surface area contributed by atoms with E-state index in [9.17, 15) is 14.7 Å². The number of aromatic nitrogens is 2. The van der Waals surface area contributed by atoms with E-state index >= 15 is 0 Å². The topological polar surface area (TPSA) is 84.2 Å². The summed E-state index contributed by atoms with van der Waals surface area (Å²) in [5.74, 6) is 0.0805. The number of carbonyl (C=O) groups excluding carboxylic acids is 1. The van der Waals surface area contributed by atoms with E-state index in [1.165, 1.54) is 24.1 Å². The number of imidazole rings is 1. The summed E-state index contributed by atoms with van der Waals surface area (Å²) in [6, 6.07) is 9.28. The van der Waals surface area contributed by atoms with Crippen LogP contribution in [-0.4, -0.2) is 32.6 Å². The van der Waals surface area contributed by atoms with Gasteiger partial charge in [0.1, 0.15) is 11.9 Å². The SMILES string of the molecule is CC[C@H](C)[C@H](NC(=O)c1ccc2c(c1)nc(Cc1cccs1)n2C1CCCC[C@H]1C)C(=O)O. The number of aliphatic carboxylic acids is 1. The molecule has 2 N–H and O–H groups in total. The van der Waals surface area contributed by atoms with Gasteiger partial charge in [0.05, 0.1) is 11.0 Å². The van der Waals surface area contributed by atoms with Gasteiger partial charge in [-0.2, -0.15) is 0 Å². The highest BCUT2D eigenvalue weighted by atomic mass is 32.1. The molecule has 33 heavy (non-hydrogen) atoms. The highest BCUT2D eigenvalue weighted by molar-refractivity contribution is 7.09. The lowest BCUT2D eigenvalue weighted by Gasteiger charge is -2.31. The first-order valence-corrected chi connectivity index (χ1v) is 12.8. The summed E-state index contributed by atoms with van der Waals surface area (Å²) in [5, 5.41) is 14.3. The summed E-state index contributed by atoms with van der Waals surface area (Å²) in [6.07, 6.45) is 6.30. The van der Waals surface area contributed by atoms with Crippen LogP contribution in [0.1, 0.15) is 80.0 Å². The summed E-state index contributed by atoms with van der Waals surface area (Å²) in [4.78, 5) is 30.8. The Morgan fingerprint density at radius 1 is 1.27 bits per heavy atom. The van der Waals surface area contributed by atoms with Crippen LogP contribution in [0.5, 0.6) is 0 Å². The van der Waals surface area contributed by atoms with Crippen LogP contribution >= 0.6 is 11.3 Å². The van der Waals surface area contributed by atoms with Crippen molar-refractivity contribution in [1.82, 2.24) is 14.9 Å². The van der Waals surface area contributed by atoms with E-state index in [0.29, 0.717) is 23.9 Å². The zero-order chi connectivity index (χ0) is 23.5. The molecule has 0 saturated heterocycles. The Hall–Kier alpha value is -2.67. The molecular weight excluding hydrogens is 434 g/mol. The molecule has 0 bridgehead atoms. The quantitative estimate of drug-likeness (QED) is 0.447. The lowest BCUT2D eigenvalue weighted by molar-refractivity contribution is -0.140. The fourth-order valence-electron chi connectivity index (χ4n) is 4.94. The zero-order valence-electron chi connectivity index (χ0n) is 19.6. The fraction of sp³-hybridized carbons (Fsp3) is 0.500. The molecule has 6 nitrogen and oxygen atoms in total. The molecule has 0 aliphatic heterocycles. The second-order valence-electron chi connectivity index (χ2n) is 9.36. The minimum Gasteiger partial charge on any atom is -0.480 e. The van der Waals surface area contributed by atoms with E-state index in [1.54, 1.807) is 17.4 Å². The first-order valence-electron chi connectivity index (χ1n) is 12.0. The highest BCUT2D eigenvalue weighted by Gasteiger charge is 2.28. The zero-order valence-corrected chi connectivity index (χ0v) is 20.4. The van der Waals surface area contributed by atoms with Gasteiger partial charge in [-0.25, -0.2) is 9.78 Å². The minimum absolute atomic E-state index is 0.153. The monoisotopic (exact) mass is 467 g/mol. The molecule has 0 spiro atoms. The fourth-order valence-corrected chi connectivity index (χ4v) is 5.64. The molecule has 2 aromatic heterocycles. The van der Waals surface area contributed by atoms with Gasteiger partial charge in [-0.05, 0) is 54.3 Å². The maximum Gasteiger partial charge on any atom is 0.326 e. The van der Waals surface area contributed by atoms with Gasteiger partial charge >= 0.3 is 5.97 Å². The van der Waals surface area contributed by atoms with Crippen LogP contribution in [0, 0.1) is 11.8 Å². The lowest BCUT2D eigenvalue weighted by Crippen LogP contribution is -2.45. The number of nitrogens with one attached hydrogen (secondary N) is 1. The molecule has 2 heterocycles. The largest absolute Gasteiger partial charge is 0.480 e. The third kappa shape index (κ3) is 4.98. The van der Waals surface area contributed by atoms with Crippen molar-refractivity contribution in [3.8, 4) is 0 Å². The number of hydrogen-bond donors (Lipinski definition) is 2. The average Bonchev–Trinajstić information content (AvgIpc) is 3.44. The molecule has 1 saturated carbocycles. The number of carboxylic acids is 1. The molecule has 4 atom stereocenters. The van der Waals surface area contributed by atoms with Crippen LogP contribution in [0.2, 0.25) is 0 Å². The van der Waals surface area contributed by atoms with Gasteiger partial charge in [-0.15, -0.1) is 11.3 Å². The molecule has 7 heteroatoms. The number of fused-ring (bicyclic) bond motifs is 1. The number of thiophene rings is 1. The van der Waals surface area contributed by atoms with Gasteiger partial charge in [0.25, 0.3) is 5.91 Å². The Morgan fingerprint density at radius 3 is 2.73 bits per heavy atom. The molecule has 0 radical (unpaired) electrons. The summed E-state index contributed by atoms with van der Waals surface area (Å²) in [5.41, 5.74) is 2.29. The van der Waals surface area contributed by atoms with Crippen LogP contribution in [-0.2, 0) is 11.2 Å². The van der Waals surface area contributed by atoms with Crippen molar-refractivity contribution >= 4 is 34.2 Å². The number of benzene rings is 1. The lowest BCUT2D eigenvalue weighted by atomic mass is 9.85. The standard InChI is InChI=1S/C26H33N3O3S/c1-4-16(2)24(26(31)32)28-25(30)18-11-12-22-20(14-18)27-23(15-19-9-7-13-33-19)29(22)21-10-6-5-8-17(21)3/h7,9,11-14,16-17,21,24H,4-6,8,10,15H2,1-3H3,(H,28,30)(H,31,32)/t16-,17+,21?,24-/m0/s1. The molecule has 1 aliphatic rings. The number of rotatable bonds is 8. The van der Waals surface area contributed by atoms with Gasteiger partial charge in [-0.1, -0.05) is 46.1 Å². The smallest absolute Gasteiger partial charge is 0.326 e. The Morgan fingerprint density at radius 2 is 2.06 bits per heavy atom. The predicted octanol–water partition coefficient (Wildman–Crippen LogP) is 5.67. The second-order valence-corrected chi connectivity index (χ2v) is 10.4. The van der Waals surface area contributed by atoms with Crippen molar-refractivity contribution in [2.45, 2.75) is 71.4 Å². The molecule has 1 aliphatic carbocycles. The molecular formula is C26H33N3O3S. The van der Waals surface area contributed by atoms with E-state index in [1.807, 2.05) is 26.0 Å². The van der Waals surface area contributed by atoms with Crippen molar-refractivity contribution in [1.29, 1.82) is 0 Å². The number of nitrogens with zero attached hydrogens (tertiary/aromatic N) is 2. The number of amides is 1. The molecule has 176 valence electrons. The maximum absolute atomic E-state index is 12.9. The Kier molecular flexibility index (Phi) is 7.17. The number of carbonyl (C=O) groups is 2. The van der Waals surface area contributed by atoms with Gasteiger partial charge in [-0.3, -0.25) is 4.79 Å². The maximum atomic E-state index is 12.9. The van der Waals surface area contributed by atoms with Crippen molar-refractivity contribution < 1.29 is 14.7 Å². The number of hydrogen-bond acceptors (Lipinski definition) is 4. The summed E-state index contributed by atoms with van der Waals surface area (Å²) in [6.45, 7) is 6.09. The first kappa shape index (κ1) is 23.5. The molecule has 1 unspecified atom stereocenters. The van der Waals surface area contributed by atoms with Crippen LogP contribution in [0.4, 0.5) is 0 Å². The Bertz CT molecular complexity index is 1120. The third-order valence-electron chi connectivity index (χ3n) is 7.10. The molecule has 1 fully saturated rings. The van der Waals surface area contributed by atoms with Crippen LogP contribution in [0.25, 0.3) is 11.0 Å². The van der Waals surface area contributed by atoms with E-state index < -0.39 is 12.0 Å².